The largest absolute Gasteiger partial charge is 0.379 e. The molecule has 1 unspecified atom stereocenters. The van der Waals surface area contributed by atoms with Crippen molar-refractivity contribution in [1.82, 2.24) is 20.5 Å². The van der Waals surface area contributed by atoms with E-state index in [9.17, 15) is 4.79 Å². The summed E-state index contributed by atoms with van der Waals surface area (Å²) in [4.78, 5) is 14.2. The molecule has 92 valence electrons. The Morgan fingerprint density at radius 1 is 1.41 bits per heavy atom. The monoisotopic (exact) mass is 237 g/mol. The molecule has 3 N–H and O–H groups in total. The van der Waals surface area contributed by atoms with E-state index < -0.39 is 0 Å². The van der Waals surface area contributed by atoms with E-state index in [1.165, 1.54) is 12.8 Å². The van der Waals surface area contributed by atoms with Crippen molar-refractivity contribution < 1.29 is 9.42 Å². The normalized spacial score (nSPS) is 25.1. The zero-order valence-corrected chi connectivity index (χ0v) is 9.43. The summed E-state index contributed by atoms with van der Waals surface area (Å²) in [5.41, 5.74) is 5.54. The highest BCUT2D eigenvalue weighted by atomic mass is 16.6. The molecule has 1 aromatic heterocycles. The predicted molar refractivity (Wildman–Crippen MR) is 59.2 cm³/mol. The number of rotatable bonds is 3. The topological polar surface area (TPSA) is 97.3 Å². The van der Waals surface area contributed by atoms with Crippen molar-refractivity contribution in [1.29, 1.82) is 0 Å². The highest BCUT2D eigenvalue weighted by Crippen LogP contribution is 2.29. The molecule has 2 fully saturated rings. The minimum atomic E-state index is -0.300. The van der Waals surface area contributed by atoms with Gasteiger partial charge >= 0.3 is 0 Å². The third-order valence-electron chi connectivity index (χ3n) is 3.35. The average molecular weight is 237 g/mol. The fourth-order valence-electron chi connectivity index (χ4n) is 2.28. The second-order valence-electron chi connectivity index (χ2n) is 4.68. The second-order valence-corrected chi connectivity index (χ2v) is 4.68. The number of likely N-dealkylation sites (tertiary alicyclic amines) is 1. The van der Waals surface area contributed by atoms with Crippen LogP contribution in [-0.4, -0.2) is 46.3 Å². The molecule has 1 saturated carbocycles. The number of nitrogens with zero attached hydrogens (tertiary/aromatic N) is 3. The lowest BCUT2D eigenvalue weighted by atomic mass is 10.2. The van der Waals surface area contributed by atoms with Crippen LogP contribution in [0.3, 0.4) is 0 Å². The molecule has 17 heavy (non-hydrogen) atoms. The van der Waals surface area contributed by atoms with Gasteiger partial charge in [0.25, 0.3) is 5.91 Å². The maximum atomic E-state index is 11.8. The molecule has 1 amide bonds. The molecule has 7 heteroatoms. The standard InChI is InChI=1S/C10H15N5O2/c11-9-8(13-17-14-9)10(16)12-6-3-4-15(5-6)7-1-2-7/h6-7H,1-5H2,(H2,11,14)(H,12,16). The summed E-state index contributed by atoms with van der Waals surface area (Å²) in [6.07, 6.45) is 3.56. The van der Waals surface area contributed by atoms with E-state index in [2.05, 4.69) is 25.2 Å². The third kappa shape index (κ3) is 2.10. The van der Waals surface area contributed by atoms with E-state index in [-0.39, 0.29) is 23.5 Å². The Morgan fingerprint density at radius 3 is 2.88 bits per heavy atom. The van der Waals surface area contributed by atoms with Gasteiger partial charge in [0.2, 0.25) is 11.5 Å². The van der Waals surface area contributed by atoms with Crippen LogP contribution in [0.1, 0.15) is 29.8 Å². The Bertz CT molecular complexity index is 428. The lowest BCUT2D eigenvalue weighted by Gasteiger charge is -2.15. The smallest absolute Gasteiger partial charge is 0.277 e. The van der Waals surface area contributed by atoms with Crippen molar-refractivity contribution in [3.8, 4) is 0 Å². The molecule has 0 aromatic carbocycles. The van der Waals surface area contributed by atoms with Crippen molar-refractivity contribution in [3.05, 3.63) is 5.69 Å². The lowest BCUT2D eigenvalue weighted by Crippen LogP contribution is -2.37. The van der Waals surface area contributed by atoms with Crippen LogP contribution in [0, 0.1) is 0 Å². The first kappa shape index (κ1) is 10.5. The SMILES string of the molecule is Nc1nonc1C(=O)NC1CCN(C2CC2)C1. The van der Waals surface area contributed by atoms with E-state index >= 15 is 0 Å². The first-order valence-electron chi connectivity index (χ1n) is 5.87. The van der Waals surface area contributed by atoms with Gasteiger partial charge in [-0.15, -0.1) is 0 Å². The Labute approximate surface area is 98.3 Å². The highest BCUT2D eigenvalue weighted by Gasteiger charge is 2.35. The van der Waals surface area contributed by atoms with Crippen LogP contribution in [0.15, 0.2) is 4.63 Å². The molecule has 7 nitrogen and oxygen atoms in total. The average Bonchev–Trinajstić information content (AvgIpc) is 2.90. The van der Waals surface area contributed by atoms with Crippen LogP contribution in [0.25, 0.3) is 0 Å². The van der Waals surface area contributed by atoms with Gasteiger partial charge in [-0.25, -0.2) is 4.63 Å². The minimum absolute atomic E-state index is 0.0412. The molecule has 2 heterocycles. The Hall–Kier alpha value is -1.63. The van der Waals surface area contributed by atoms with E-state index in [0.717, 1.165) is 25.6 Å². The molecular formula is C10H15N5O2. The Morgan fingerprint density at radius 2 is 2.24 bits per heavy atom. The second kappa shape index (κ2) is 3.99. The van der Waals surface area contributed by atoms with Crippen molar-refractivity contribution in [2.24, 2.45) is 0 Å². The van der Waals surface area contributed by atoms with E-state index in [1.807, 2.05) is 0 Å². The summed E-state index contributed by atoms with van der Waals surface area (Å²) in [6.45, 7) is 1.98. The molecule has 1 aliphatic heterocycles. The Balaban J connectivity index is 1.57. The summed E-state index contributed by atoms with van der Waals surface area (Å²) in [7, 11) is 0. The number of nitrogens with one attached hydrogen (secondary N) is 1. The van der Waals surface area contributed by atoms with Gasteiger partial charge in [-0.3, -0.25) is 9.69 Å². The van der Waals surface area contributed by atoms with Gasteiger partial charge in [-0.2, -0.15) is 0 Å². The zero-order valence-electron chi connectivity index (χ0n) is 9.43. The fourth-order valence-corrected chi connectivity index (χ4v) is 2.28. The van der Waals surface area contributed by atoms with Crippen molar-refractivity contribution >= 4 is 11.7 Å². The van der Waals surface area contributed by atoms with Gasteiger partial charge in [0, 0.05) is 25.2 Å². The number of amides is 1. The number of anilines is 1. The third-order valence-corrected chi connectivity index (χ3v) is 3.35. The van der Waals surface area contributed by atoms with E-state index in [0.29, 0.717) is 0 Å². The number of carbonyl (C=O) groups is 1. The van der Waals surface area contributed by atoms with Gasteiger partial charge in [0.05, 0.1) is 0 Å². The summed E-state index contributed by atoms with van der Waals surface area (Å²) >= 11 is 0. The molecule has 2 aliphatic rings. The molecule has 1 aliphatic carbocycles. The molecular weight excluding hydrogens is 222 g/mol. The van der Waals surface area contributed by atoms with Crippen molar-refractivity contribution in [2.45, 2.75) is 31.3 Å². The molecule has 1 atom stereocenters. The molecule has 0 bridgehead atoms. The Kier molecular flexibility index (Phi) is 2.47. The number of nitrogens with two attached hydrogens (primary N) is 1. The van der Waals surface area contributed by atoms with Gasteiger partial charge in [-0.05, 0) is 29.6 Å². The van der Waals surface area contributed by atoms with Crippen molar-refractivity contribution in [2.75, 3.05) is 18.8 Å². The van der Waals surface area contributed by atoms with Gasteiger partial charge in [0.1, 0.15) is 0 Å². The molecule has 1 saturated heterocycles. The summed E-state index contributed by atoms with van der Waals surface area (Å²) in [5.74, 6) is -0.258. The molecule has 0 radical (unpaired) electrons. The lowest BCUT2D eigenvalue weighted by molar-refractivity contribution is 0.0928. The van der Waals surface area contributed by atoms with E-state index in [4.69, 9.17) is 5.73 Å². The van der Waals surface area contributed by atoms with Crippen LogP contribution < -0.4 is 11.1 Å². The fraction of sp³-hybridized carbons (Fsp3) is 0.700. The predicted octanol–water partition coefficient (Wildman–Crippen LogP) is -0.382. The maximum Gasteiger partial charge on any atom is 0.277 e. The summed E-state index contributed by atoms with van der Waals surface area (Å²) in [6, 6.07) is 0.926. The van der Waals surface area contributed by atoms with E-state index in [1.54, 1.807) is 0 Å². The number of nitrogen functional groups attached to an aromatic ring is 1. The van der Waals surface area contributed by atoms with Gasteiger partial charge in [0.15, 0.2) is 0 Å². The van der Waals surface area contributed by atoms with Crippen LogP contribution in [0.4, 0.5) is 5.82 Å². The van der Waals surface area contributed by atoms with Crippen LogP contribution in [-0.2, 0) is 0 Å². The first-order valence-corrected chi connectivity index (χ1v) is 5.87. The van der Waals surface area contributed by atoms with Crippen LogP contribution in [0.5, 0.6) is 0 Å². The van der Waals surface area contributed by atoms with Crippen molar-refractivity contribution in [3.63, 3.8) is 0 Å². The highest BCUT2D eigenvalue weighted by molar-refractivity contribution is 5.96. The summed E-state index contributed by atoms with van der Waals surface area (Å²) < 4.78 is 4.40. The molecule has 3 rings (SSSR count). The minimum Gasteiger partial charge on any atom is -0.379 e. The number of hydrogen-bond donors (Lipinski definition) is 2. The first-order chi connectivity index (χ1) is 8.24. The van der Waals surface area contributed by atoms with Gasteiger partial charge < -0.3 is 11.1 Å². The molecule has 1 aromatic rings. The zero-order chi connectivity index (χ0) is 11.8. The number of aromatic nitrogens is 2. The number of hydrogen-bond acceptors (Lipinski definition) is 6. The van der Waals surface area contributed by atoms with Gasteiger partial charge in [-0.1, -0.05) is 0 Å². The number of carbonyl (C=O) groups excluding carboxylic acids is 1. The molecule has 0 spiro atoms. The van der Waals surface area contributed by atoms with Crippen LogP contribution >= 0.6 is 0 Å². The quantitative estimate of drug-likeness (QED) is 0.743. The van der Waals surface area contributed by atoms with Crippen LogP contribution in [0.2, 0.25) is 0 Å². The maximum absolute atomic E-state index is 11.8. The summed E-state index contributed by atoms with van der Waals surface area (Å²) in [5, 5.41) is 9.78.